The first-order valence-electron chi connectivity index (χ1n) is 7.65. The molecule has 0 amide bonds. The minimum Gasteiger partial charge on any atom is -0.456 e. The highest BCUT2D eigenvalue weighted by Crippen LogP contribution is 2.57. The van der Waals surface area contributed by atoms with Crippen molar-refractivity contribution in [2.75, 3.05) is 0 Å². The number of esters is 2. The van der Waals surface area contributed by atoms with Gasteiger partial charge >= 0.3 is 11.9 Å². The van der Waals surface area contributed by atoms with Crippen molar-refractivity contribution in [2.45, 2.75) is 32.5 Å². The SMILES string of the molecule is CC(=O)C1(C2C=C(C)C(=O)O2)C(=O)OC2c3ccccc3CC21. The highest BCUT2D eigenvalue weighted by molar-refractivity contribution is 6.07. The lowest BCUT2D eigenvalue weighted by atomic mass is 9.68. The molecule has 4 rings (SSSR count). The first-order chi connectivity index (χ1) is 11.0. The van der Waals surface area contributed by atoms with Crippen LogP contribution in [0, 0.1) is 11.3 Å². The maximum Gasteiger partial charge on any atom is 0.334 e. The molecule has 4 atom stereocenters. The smallest absolute Gasteiger partial charge is 0.334 e. The van der Waals surface area contributed by atoms with Crippen LogP contribution in [0.4, 0.5) is 0 Å². The van der Waals surface area contributed by atoms with Crippen LogP contribution in [-0.2, 0) is 30.3 Å². The number of ketones is 1. The second kappa shape index (κ2) is 4.54. The van der Waals surface area contributed by atoms with Crippen molar-refractivity contribution >= 4 is 17.7 Å². The number of benzene rings is 1. The lowest BCUT2D eigenvalue weighted by Gasteiger charge is -2.31. The average Bonchev–Trinajstić information content (AvgIpc) is 3.10. The number of cyclic esters (lactones) is 1. The van der Waals surface area contributed by atoms with Crippen LogP contribution in [0.5, 0.6) is 0 Å². The van der Waals surface area contributed by atoms with Gasteiger partial charge in [-0.15, -0.1) is 0 Å². The zero-order chi connectivity index (χ0) is 16.4. The summed E-state index contributed by atoms with van der Waals surface area (Å²) >= 11 is 0. The van der Waals surface area contributed by atoms with Crippen molar-refractivity contribution in [3.63, 3.8) is 0 Å². The van der Waals surface area contributed by atoms with Gasteiger partial charge in [0.2, 0.25) is 0 Å². The number of ether oxygens (including phenoxy) is 2. The van der Waals surface area contributed by atoms with Gasteiger partial charge in [0.25, 0.3) is 0 Å². The number of Topliss-reactive ketones (excluding diaryl/α,β-unsaturated/α-hetero) is 1. The van der Waals surface area contributed by atoms with E-state index in [4.69, 9.17) is 9.47 Å². The van der Waals surface area contributed by atoms with E-state index < -0.39 is 29.6 Å². The second-order valence-electron chi connectivity index (χ2n) is 6.44. The van der Waals surface area contributed by atoms with E-state index in [1.54, 1.807) is 13.0 Å². The second-order valence-corrected chi connectivity index (χ2v) is 6.44. The minimum atomic E-state index is -1.45. The minimum absolute atomic E-state index is 0.313. The molecule has 0 N–H and O–H groups in total. The first kappa shape index (κ1) is 14.2. The van der Waals surface area contributed by atoms with Crippen molar-refractivity contribution in [3.8, 4) is 0 Å². The fourth-order valence-corrected chi connectivity index (χ4v) is 4.16. The molecule has 0 saturated carbocycles. The van der Waals surface area contributed by atoms with Crippen molar-refractivity contribution in [2.24, 2.45) is 11.3 Å². The number of fused-ring (bicyclic) bond motifs is 3. The monoisotopic (exact) mass is 312 g/mol. The van der Waals surface area contributed by atoms with Crippen LogP contribution in [0.25, 0.3) is 0 Å². The van der Waals surface area contributed by atoms with Gasteiger partial charge in [-0.3, -0.25) is 9.59 Å². The molecule has 0 aromatic heterocycles. The Morgan fingerprint density at radius 1 is 1.22 bits per heavy atom. The Labute approximate surface area is 133 Å². The van der Waals surface area contributed by atoms with E-state index in [1.165, 1.54) is 6.92 Å². The van der Waals surface area contributed by atoms with Crippen molar-refractivity contribution in [1.82, 2.24) is 0 Å². The van der Waals surface area contributed by atoms with Crippen LogP contribution < -0.4 is 0 Å². The summed E-state index contributed by atoms with van der Waals surface area (Å²) in [6.07, 6.45) is 0.809. The van der Waals surface area contributed by atoms with Gasteiger partial charge in [-0.25, -0.2) is 4.79 Å². The summed E-state index contributed by atoms with van der Waals surface area (Å²) < 4.78 is 10.9. The molecule has 0 radical (unpaired) electrons. The zero-order valence-electron chi connectivity index (χ0n) is 12.9. The van der Waals surface area contributed by atoms with E-state index in [1.807, 2.05) is 24.3 Å². The molecule has 0 spiro atoms. The number of hydrogen-bond donors (Lipinski definition) is 0. The maximum atomic E-state index is 12.7. The summed E-state index contributed by atoms with van der Waals surface area (Å²) in [6.45, 7) is 3.00. The third-order valence-corrected chi connectivity index (χ3v) is 5.31. The molecule has 5 nitrogen and oxygen atoms in total. The number of rotatable bonds is 2. The van der Waals surface area contributed by atoms with E-state index in [0.717, 1.165) is 11.1 Å². The van der Waals surface area contributed by atoms with Gasteiger partial charge in [0.05, 0.1) is 0 Å². The molecule has 23 heavy (non-hydrogen) atoms. The van der Waals surface area contributed by atoms with Crippen LogP contribution in [0.15, 0.2) is 35.9 Å². The molecule has 0 bridgehead atoms. The predicted octanol–water partition coefficient (Wildman–Crippen LogP) is 1.90. The van der Waals surface area contributed by atoms with Gasteiger partial charge in [-0.05, 0) is 37.5 Å². The molecule has 1 aromatic carbocycles. The van der Waals surface area contributed by atoms with Gasteiger partial charge < -0.3 is 9.47 Å². The highest BCUT2D eigenvalue weighted by atomic mass is 16.6. The van der Waals surface area contributed by atoms with Gasteiger partial charge in [-0.1, -0.05) is 24.3 Å². The number of carbonyl (C=O) groups excluding carboxylic acids is 3. The molecule has 1 aromatic rings. The predicted molar refractivity (Wildman–Crippen MR) is 79.2 cm³/mol. The lowest BCUT2D eigenvalue weighted by molar-refractivity contribution is -0.162. The maximum absolute atomic E-state index is 12.7. The van der Waals surface area contributed by atoms with Gasteiger partial charge in [0.15, 0.2) is 11.2 Å². The summed E-state index contributed by atoms with van der Waals surface area (Å²) in [7, 11) is 0. The summed E-state index contributed by atoms with van der Waals surface area (Å²) in [5.74, 6) is -1.72. The lowest BCUT2D eigenvalue weighted by Crippen LogP contribution is -2.50. The normalized spacial score (nSPS) is 34.5. The number of carbonyl (C=O) groups is 3. The van der Waals surface area contributed by atoms with Crippen molar-refractivity contribution in [3.05, 3.63) is 47.0 Å². The van der Waals surface area contributed by atoms with Gasteiger partial charge in [0, 0.05) is 11.5 Å². The van der Waals surface area contributed by atoms with Crippen molar-refractivity contribution in [1.29, 1.82) is 0 Å². The molecule has 118 valence electrons. The fraction of sp³-hybridized carbons (Fsp3) is 0.389. The molecule has 5 heteroatoms. The van der Waals surface area contributed by atoms with E-state index in [-0.39, 0.29) is 11.7 Å². The summed E-state index contributed by atoms with van der Waals surface area (Å²) in [6, 6.07) is 7.72. The Balaban J connectivity index is 1.84. The average molecular weight is 312 g/mol. The molecule has 1 aliphatic carbocycles. The Morgan fingerprint density at radius 2 is 1.96 bits per heavy atom. The van der Waals surface area contributed by atoms with E-state index in [0.29, 0.717) is 12.0 Å². The molecule has 2 aliphatic heterocycles. The largest absolute Gasteiger partial charge is 0.456 e. The highest BCUT2D eigenvalue weighted by Gasteiger charge is 2.68. The molecule has 3 aliphatic rings. The van der Waals surface area contributed by atoms with Crippen LogP contribution in [0.1, 0.15) is 31.1 Å². The Hall–Kier alpha value is -2.43. The molecule has 4 unspecified atom stereocenters. The van der Waals surface area contributed by atoms with Gasteiger partial charge in [-0.2, -0.15) is 0 Å². The summed E-state index contributed by atoms with van der Waals surface area (Å²) in [4.78, 5) is 37.0. The van der Waals surface area contributed by atoms with Crippen molar-refractivity contribution < 1.29 is 23.9 Å². The fourth-order valence-electron chi connectivity index (χ4n) is 4.16. The standard InChI is InChI=1S/C18H16O5/c1-9-7-14(22-16(9)20)18(10(2)19)13-8-11-5-3-4-6-12(11)15(13)23-17(18)21/h3-7,13-15H,8H2,1-2H3. The zero-order valence-corrected chi connectivity index (χ0v) is 12.9. The van der Waals surface area contributed by atoms with E-state index in [9.17, 15) is 14.4 Å². The molecule has 1 fully saturated rings. The molecular weight excluding hydrogens is 296 g/mol. The van der Waals surface area contributed by atoms with E-state index >= 15 is 0 Å². The van der Waals surface area contributed by atoms with Crippen LogP contribution in [-0.4, -0.2) is 23.8 Å². The van der Waals surface area contributed by atoms with E-state index in [2.05, 4.69) is 0 Å². The van der Waals surface area contributed by atoms with Crippen LogP contribution >= 0.6 is 0 Å². The third kappa shape index (κ3) is 1.65. The topological polar surface area (TPSA) is 69.7 Å². The molecule has 1 saturated heterocycles. The Kier molecular flexibility index (Phi) is 2.80. The molecular formula is C18H16O5. The Morgan fingerprint density at radius 3 is 2.61 bits per heavy atom. The summed E-state index contributed by atoms with van der Waals surface area (Å²) in [5, 5.41) is 0. The summed E-state index contributed by atoms with van der Waals surface area (Å²) in [5.41, 5.74) is 0.990. The third-order valence-electron chi connectivity index (χ3n) is 5.31. The Bertz CT molecular complexity index is 777. The van der Waals surface area contributed by atoms with Crippen LogP contribution in [0.2, 0.25) is 0 Å². The van der Waals surface area contributed by atoms with Crippen LogP contribution in [0.3, 0.4) is 0 Å². The number of hydrogen-bond acceptors (Lipinski definition) is 5. The molecule has 2 heterocycles. The first-order valence-corrected chi connectivity index (χ1v) is 7.65. The van der Waals surface area contributed by atoms with Gasteiger partial charge in [0.1, 0.15) is 12.2 Å². The quantitative estimate of drug-likeness (QED) is 0.616.